The van der Waals surface area contributed by atoms with E-state index in [1.165, 1.54) is 64.6 Å². The van der Waals surface area contributed by atoms with E-state index < -0.39 is 0 Å². The lowest BCUT2D eigenvalue weighted by molar-refractivity contribution is 0.278. The first-order chi connectivity index (χ1) is 18.7. The fourth-order valence-electron chi connectivity index (χ4n) is 5.27. The molecule has 4 rings (SSSR count). The molecule has 0 radical (unpaired) electrons. The highest BCUT2D eigenvalue weighted by Gasteiger charge is 2.16. The summed E-state index contributed by atoms with van der Waals surface area (Å²) in [5.41, 5.74) is 3.93. The molecule has 0 atom stereocenters. The minimum atomic E-state index is 0.575. The number of likely N-dealkylation sites (tertiary alicyclic amines) is 1. The van der Waals surface area contributed by atoms with Gasteiger partial charge in [-0.1, -0.05) is 39.0 Å². The van der Waals surface area contributed by atoms with Crippen LogP contribution in [0, 0.1) is 0 Å². The van der Waals surface area contributed by atoms with Gasteiger partial charge in [0.15, 0.2) is 11.3 Å². The number of nitrogens with zero attached hydrogens (tertiary/aromatic N) is 4. The van der Waals surface area contributed by atoms with Crippen LogP contribution in [0.4, 0.5) is 5.82 Å². The lowest BCUT2D eigenvalue weighted by Gasteiger charge is -2.19. The van der Waals surface area contributed by atoms with E-state index in [0.717, 1.165) is 77.5 Å². The van der Waals surface area contributed by atoms with E-state index in [-0.39, 0.29) is 0 Å². The Kier molecular flexibility index (Phi) is 11.0. The Labute approximate surface area is 227 Å². The van der Waals surface area contributed by atoms with Gasteiger partial charge in [0.05, 0.1) is 19.9 Å². The molecule has 1 aliphatic heterocycles. The zero-order chi connectivity index (χ0) is 26.6. The smallest absolute Gasteiger partial charge is 0.158 e. The molecular weight excluding hydrogens is 476 g/mol. The van der Waals surface area contributed by atoms with Gasteiger partial charge in [-0.05, 0) is 70.3 Å². The van der Waals surface area contributed by atoms with Gasteiger partial charge in [0.25, 0.3) is 0 Å². The third kappa shape index (κ3) is 7.82. The molecule has 3 heterocycles. The number of aromatic nitrogens is 4. The van der Waals surface area contributed by atoms with Crippen LogP contribution in [0.5, 0.6) is 11.5 Å². The number of hydrogen-bond acceptors (Lipinski definition) is 7. The lowest BCUT2D eigenvalue weighted by Crippen LogP contribution is -2.25. The number of unbranched alkanes of at least 4 members (excludes halogenated alkanes) is 4. The van der Waals surface area contributed by atoms with Crippen molar-refractivity contribution in [3.63, 3.8) is 0 Å². The Bertz CT molecular complexity index is 1120. The number of hydrogen-bond donors (Lipinski definition) is 2. The third-order valence-corrected chi connectivity index (χ3v) is 7.56. The third-order valence-electron chi connectivity index (χ3n) is 7.56. The number of rotatable bonds is 15. The van der Waals surface area contributed by atoms with Crippen LogP contribution in [-0.4, -0.2) is 58.9 Å². The predicted octanol–water partition coefficient (Wildman–Crippen LogP) is 6.30. The number of nitrogens with one attached hydrogen (secondary N) is 2. The van der Waals surface area contributed by atoms with Crippen molar-refractivity contribution in [3.05, 3.63) is 35.3 Å². The highest BCUT2D eigenvalue weighted by molar-refractivity contribution is 5.87. The first-order valence-electron chi connectivity index (χ1n) is 14.6. The Morgan fingerprint density at radius 3 is 2.47 bits per heavy atom. The van der Waals surface area contributed by atoms with Crippen molar-refractivity contribution in [3.8, 4) is 11.5 Å². The van der Waals surface area contributed by atoms with Gasteiger partial charge in [0, 0.05) is 24.6 Å². The molecule has 8 nitrogen and oxygen atoms in total. The quantitative estimate of drug-likeness (QED) is 0.226. The molecule has 0 bridgehead atoms. The van der Waals surface area contributed by atoms with Crippen LogP contribution in [0.25, 0.3) is 11.0 Å². The van der Waals surface area contributed by atoms with Crippen LogP contribution in [0.15, 0.2) is 18.2 Å². The Morgan fingerprint density at radius 1 is 0.895 bits per heavy atom. The van der Waals surface area contributed by atoms with Gasteiger partial charge in [-0.25, -0.2) is 9.97 Å². The second kappa shape index (κ2) is 14.9. The predicted molar refractivity (Wildman–Crippen MR) is 154 cm³/mol. The zero-order valence-electron chi connectivity index (χ0n) is 23.7. The molecule has 0 aliphatic carbocycles. The molecule has 1 saturated heterocycles. The molecule has 0 unspecified atom stereocenters. The van der Waals surface area contributed by atoms with Crippen LogP contribution >= 0.6 is 0 Å². The van der Waals surface area contributed by atoms with Crippen molar-refractivity contribution in [2.75, 3.05) is 39.2 Å². The van der Waals surface area contributed by atoms with Crippen molar-refractivity contribution >= 4 is 16.9 Å². The molecule has 0 saturated carbocycles. The summed E-state index contributed by atoms with van der Waals surface area (Å²) in [7, 11) is 3.34. The SMILES string of the molecule is CCCCc1nc(NCc2ccc(OC)cc2OC)c2n[nH]c(CCCCCCN3CCCCCC3)c2n1. The number of aromatic amines is 1. The van der Waals surface area contributed by atoms with Gasteiger partial charge >= 0.3 is 0 Å². The summed E-state index contributed by atoms with van der Waals surface area (Å²) in [6.45, 7) is 6.62. The first-order valence-corrected chi connectivity index (χ1v) is 14.6. The Morgan fingerprint density at radius 2 is 1.71 bits per heavy atom. The van der Waals surface area contributed by atoms with E-state index in [9.17, 15) is 0 Å². The second-order valence-corrected chi connectivity index (χ2v) is 10.4. The molecule has 3 aromatic rings. The number of ether oxygens (including phenoxy) is 2. The lowest BCUT2D eigenvalue weighted by atomic mass is 10.1. The molecule has 1 aromatic carbocycles. The molecule has 1 fully saturated rings. The van der Waals surface area contributed by atoms with E-state index in [4.69, 9.17) is 19.4 Å². The fraction of sp³-hybridized carbons (Fsp3) is 0.633. The first kappa shape index (κ1) is 28.1. The average Bonchev–Trinajstić information content (AvgIpc) is 3.17. The summed E-state index contributed by atoms with van der Waals surface area (Å²) in [6, 6.07) is 5.87. The van der Waals surface area contributed by atoms with Crippen molar-refractivity contribution < 1.29 is 9.47 Å². The standard InChI is InChI=1S/C30H46N6O2/c1-4-5-15-27-32-28-25(14-10-6-7-11-18-36-19-12-8-9-13-20-36)34-35-29(28)30(33-27)31-22-23-16-17-24(37-2)21-26(23)38-3/h16-17,21H,4-15,18-20,22H2,1-3H3,(H,34,35)(H,31,32,33). The maximum absolute atomic E-state index is 5.58. The van der Waals surface area contributed by atoms with Crippen LogP contribution in [0.1, 0.15) is 88.2 Å². The number of aryl methyl sites for hydroxylation is 2. The molecule has 0 amide bonds. The number of fused-ring (bicyclic) bond motifs is 1. The highest BCUT2D eigenvalue weighted by atomic mass is 16.5. The number of anilines is 1. The number of methoxy groups -OCH3 is 2. The summed E-state index contributed by atoms with van der Waals surface area (Å²) in [5, 5.41) is 11.4. The molecule has 2 aromatic heterocycles. The molecule has 8 heteroatoms. The largest absolute Gasteiger partial charge is 0.497 e. The van der Waals surface area contributed by atoms with E-state index in [0.29, 0.717) is 6.54 Å². The molecular formula is C30H46N6O2. The molecule has 208 valence electrons. The van der Waals surface area contributed by atoms with Gasteiger partial charge in [-0.2, -0.15) is 5.10 Å². The fourth-order valence-corrected chi connectivity index (χ4v) is 5.27. The van der Waals surface area contributed by atoms with Gasteiger partial charge in [0.2, 0.25) is 0 Å². The molecule has 0 spiro atoms. The van der Waals surface area contributed by atoms with Crippen LogP contribution in [-0.2, 0) is 19.4 Å². The number of benzene rings is 1. The maximum atomic E-state index is 5.58. The highest BCUT2D eigenvalue weighted by Crippen LogP contribution is 2.27. The molecule has 38 heavy (non-hydrogen) atoms. The van der Waals surface area contributed by atoms with E-state index >= 15 is 0 Å². The monoisotopic (exact) mass is 522 g/mol. The van der Waals surface area contributed by atoms with E-state index in [1.807, 2.05) is 18.2 Å². The minimum Gasteiger partial charge on any atom is -0.497 e. The summed E-state index contributed by atoms with van der Waals surface area (Å²) in [6.07, 6.45) is 14.6. The zero-order valence-corrected chi connectivity index (χ0v) is 23.7. The van der Waals surface area contributed by atoms with Crippen molar-refractivity contribution in [1.29, 1.82) is 0 Å². The van der Waals surface area contributed by atoms with E-state index in [2.05, 4.69) is 27.3 Å². The summed E-state index contributed by atoms with van der Waals surface area (Å²) in [5.74, 6) is 3.21. The molecule has 1 aliphatic rings. The van der Waals surface area contributed by atoms with Gasteiger partial charge in [0.1, 0.15) is 22.8 Å². The van der Waals surface area contributed by atoms with Crippen molar-refractivity contribution in [2.45, 2.75) is 90.5 Å². The van der Waals surface area contributed by atoms with E-state index in [1.54, 1.807) is 14.2 Å². The summed E-state index contributed by atoms with van der Waals surface area (Å²) >= 11 is 0. The Balaban J connectivity index is 1.38. The van der Waals surface area contributed by atoms with Crippen molar-refractivity contribution in [1.82, 2.24) is 25.1 Å². The van der Waals surface area contributed by atoms with Crippen LogP contribution < -0.4 is 14.8 Å². The van der Waals surface area contributed by atoms with Crippen LogP contribution in [0.2, 0.25) is 0 Å². The van der Waals surface area contributed by atoms with Gasteiger partial charge in [-0.3, -0.25) is 5.10 Å². The van der Waals surface area contributed by atoms with Gasteiger partial charge < -0.3 is 19.7 Å². The topological polar surface area (TPSA) is 88.2 Å². The minimum absolute atomic E-state index is 0.575. The van der Waals surface area contributed by atoms with Gasteiger partial charge in [-0.15, -0.1) is 0 Å². The average molecular weight is 523 g/mol. The molecule has 2 N–H and O–H groups in total. The summed E-state index contributed by atoms with van der Waals surface area (Å²) in [4.78, 5) is 12.5. The Hall–Kier alpha value is -2.87. The number of H-pyrrole nitrogens is 1. The normalized spacial score (nSPS) is 14.5. The maximum Gasteiger partial charge on any atom is 0.158 e. The second-order valence-electron chi connectivity index (χ2n) is 10.4. The van der Waals surface area contributed by atoms with Crippen molar-refractivity contribution in [2.24, 2.45) is 0 Å². The summed E-state index contributed by atoms with van der Waals surface area (Å²) < 4.78 is 10.9. The van der Waals surface area contributed by atoms with Crippen LogP contribution in [0.3, 0.4) is 0 Å².